The number of hydrogen-bond donors (Lipinski definition) is 0. The highest BCUT2D eigenvalue weighted by atomic mass is 35.5. The Morgan fingerprint density at radius 3 is 2.52 bits per heavy atom. The predicted molar refractivity (Wildman–Crippen MR) is 123 cm³/mol. The lowest BCUT2D eigenvalue weighted by Gasteiger charge is -2.28. The minimum absolute atomic E-state index is 0.175. The van der Waals surface area contributed by atoms with Gasteiger partial charge >= 0.3 is 5.69 Å². The largest absolute Gasteiger partial charge is 0.454 e. The van der Waals surface area contributed by atoms with E-state index in [1.165, 1.54) is 11.6 Å². The monoisotopic (exact) mass is 465 g/mol. The van der Waals surface area contributed by atoms with Gasteiger partial charge in [-0.2, -0.15) is 0 Å². The molecule has 0 bridgehead atoms. The van der Waals surface area contributed by atoms with Crippen LogP contribution in [0, 0.1) is 0 Å². The lowest BCUT2D eigenvalue weighted by atomic mass is 10.0. The van der Waals surface area contributed by atoms with Crippen LogP contribution in [0.2, 0.25) is 5.02 Å². The van der Waals surface area contributed by atoms with Gasteiger partial charge in [0.25, 0.3) is 5.56 Å². The van der Waals surface area contributed by atoms with E-state index in [4.69, 9.17) is 25.8 Å². The molecule has 0 N–H and O–H groups in total. The molecule has 0 spiro atoms. The fourth-order valence-corrected chi connectivity index (χ4v) is 4.94. The molecule has 168 valence electrons. The summed E-state index contributed by atoms with van der Waals surface area (Å²) in [6, 6.07) is 13.0. The third-order valence-corrected chi connectivity index (χ3v) is 6.62. The van der Waals surface area contributed by atoms with Gasteiger partial charge in [-0.15, -0.1) is 0 Å². The Balaban J connectivity index is 1.71. The van der Waals surface area contributed by atoms with E-state index in [9.17, 15) is 9.59 Å². The highest BCUT2D eigenvalue weighted by Crippen LogP contribution is 2.43. The zero-order valence-corrected chi connectivity index (χ0v) is 18.8. The van der Waals surface area contributed by atoms with Crippen LogP contribution in [0.4, 0.5) is 0 Å². The summed E-state index contributed by atoms with van der Waals surface area (Å²) in [5, 5.41) is 1.09. The van der Waals surface area contributed by atoms with Crippen molar-refractivity contribution in [3.05, 3.63) is 79.6 Å². The van der Waals surface area contributed by atoms with E-state index in [-0.39, 0.29) is 12.4 Å². The quantitative estimate of drug-likeness (QED) is 0.454. The van der Waals surface area contributed by atoms with E-state index in [0.29, 0.717) is 40.6 Å². The van der Waals surface area contributed by atoms with Crippen molar-refractivity contribution in [2.24, 2.45) is 14.1 Å². The predicted octanol–water partition coefficient (Wildman–Crippen LogP) is 3.21. The van der Waals surface area contributed by atoms with Crippen LogP contribution in [0.3, 0.4) is 0 Å². The van der Waals surface area contributed by atoms with Crippen molar-refractivity contribution in [3.63, 3.8) is 0 Å². The molecule has 4 heterocycles. The molecular weight excluding hydrogens is 446 g/mol. The number of aryl methyl sites for hydroxylation is 1. The maximum absolute atomic E-state index is 13.4. The highest BCUT2D eigenvalue weighted by molar-refractivity contribution is 6.30. The molecule has 0 saturated heterocycles. The zero-order chi connectivity index (χ0) is 22.9. The van der Waals surface area contributed by atoms with E-state index in [1.807, 2.05) is 30.3 Å². The average molecular weight is 466 g/mol. The summed E-state index contributed by atoms with van der Waals surface area (Å²) in [5.74, 6) is 1.32. The molecular formula is C24H20ClN3O5. The number of halogens is 1. The maximum atomic E-state index is 13.4. The van der Waals surface area contributed by atoms with Gasteiger partial charge in [0.15, 0.2) is 11.5 Å². The third kappa shape index (κ3) is 2.87. The minimum Gasteiger partial charge on any atom is -0.454 e. The third-order valence-electron chi connectivity index (χ3n) is 6.37. The molecule has 2 aromatic heterocycles. The van der Waals surface area contributed by atoms with Gasteiger partial charge in [0.05, 0.1) is 28.9 Å². The van der Waals surface area contributed by atoms with Gasteiger partial charge in [-0.1, -0.05) is 29.8 Å². The first-order chi connectivity index (χ1) is 16.0. The zero-order valence-electron chi connectivity index (χ0n) is 18.0. The van der Waals surface area contributed by atoms with Crippen molar-refractivity contribution in [1.29, 1.82) is 0 Å². The first-order valence-electron chi connectivity index (χ1n) is 10.5. The lowest BCUT2D eigenvalue weighted by molar-refractivity contribution is 0.0477. The summed E-state index contributed by atoms with van der Waals surface area (Å²) in [7, 11) is 3.18. The second-order valence-corrected chi connectivity index (χ2v) is 8.62. The number of fused-ring (bicyclic) bond motifs is 4. The molecule has 2 aromatic carbocycles. The Kier molecular flexibility index (Phi) is 4.43. The number of ether oxygens (including phenoxy) is 3. The van der Waals surface area contributed by atoms with Crippen LogP contribution in [0.5, 0.6) is 11.5 Å². The van der Waals surface area contributed by atoms with Crippen LogP contribution < -0.4 is 20.7 Å². The van der Waals surface area contributed by atoms with Crippen LogP contribution in [-0.2, 0) is 25.4 Å². The van der Waals surface area contributed by atoms with Crippen molar-refractivity contribution in [2.75, 3.05) is 13.4 Å². The number of nitrogens with zero attached hydrogens (tertiary/aromatic N) is 3. The SMILES string of the molecule is Cn1c(=O)c2c(-c3ccc(Cl)cc3)n3c(c2n(C)c1=O)[C@H](c1ccc2c(c1)OCO2)OCC3. The molecule has 0 saturated carbocycles. The highest BCUT2D eigenvalue weighted by Gasteiger charge is 2.33. The van der Waals surface area contributed by atoms with Crippen LogP contribution in [0.15, 0.2) is 52.1 Å². The molecule has 2 aliphatic rings. The molecule has 33 heavy (non-hydrogen) atoms. The minimum atomic E-state index is -0.491. The van der Waals surface area contributed by atoms with Gasteiger partial charge in [-0.3, -0.25) is 13.9 Å². The average Bonchev–Trinajstić information content (AvgIpc) is 3.44. The fraction of sp³-hybridized carbons (Fsp3) is 0.250. The standard InChI is InChI=1S/C24H20ClN3O5/c1-26-20-18(23(29)27(2)24(26)30)19(13-3-6-15(25)7-4-13)28-9-10-31-22(21(20)28)14-5-8-16-17(11-14)33-12-32-16/h3-8,11,22H,9-10,12H2,1-2H3/t22-/m0/s1. The lowest BCUT2D eigenvalue weighted by Crippen LogP contribution is -2.37. The molecule has 8 nitrogen and oxygen atoms in total. The summed E-state index contributed by atoms with van der Waals surface area (Å²) < 4.78 is 22.0. The second-order valence-electron chi connectivity index (χ2n) is 8.19. The van der Waals surface area contributed by atoms with E-state index in [2.05, 4.69) is 4.57 Å². The van der Waals surface area contributed by atoms with Crippen LogP contribution in [0.25, 0.3) is 22.2 Å². The van der Waals surface area contributed by atoms with Gasteiger partial charge in [-0.05, 0) is 35.4 Å². The van der Waals surface area contributed by atoms with Gasteiger partial charge in [0.2, 0.25) is 6.79 Å². The summed E-state index contributed by atoms with van der Waals surface area (Å²) >= 11 is 6.13. The van der Waals surface area contributed by atoms with Crippen molar-refractivity contribution >= 4 is 22.5 Å². The van der Waals surface area contributed by atoms with Crippen molar-refractivity contribution in [2.45, 2.75) is 12.6 Å². The second kappa shape index (κ2) is 7.26. The Hall–Kier alpha value is -3.49. The van der Waals surface area contributed by atoms with E-state index < -0.39 is 11.8 Å². The Morgan fingerprint density at radius 2 is 1.73 bits per heavy atom. The number of rotatable bonds is 2. The smallest absolute Gasteiger partial charge is 0.331 e. The van der Waals surface area contributed by atoms with Crippen molar-refractivity contribution < 1.29 is 14.2 Å². The van der Waals surface area contributed by atoms with Crippen molar-refractivity contribution in [1.82, 2.24) is 13.7 Å². The first-order valence-corrected chi connectivity index (χ1v) is 10.9. The summed E-state index contributed by atoms with van der Waals surface area (Å²) in [4.78, 5) is 26.3. The molecule has 4 aromatic rings. The molecule has 0 radical (unpaired) electrons. The topological polar surface area (TPSA) is 76.6 Å². The summed E-state index contributed by atoms with van der Waals surface area (Å²) in [5.41, 5.74) is 3.05. The fourth-order valence-electron chi connectivity index (χ4n) is 4.82. The molecule has 0 amide bonds. The van der Waals surface area contributed by atoms with Crippen LogP contribution in [0.1, 0.15) is 17.4 Å². The van der Waals surface area contributed by atoms with Crippen molar-refractivity contribution in [3.8, 4) is 22.8 Å². The Labute approximate surface area is 193 Å². The summed E-state index contributed by atoms with van der Waals surface area (Å²) in [6.07, 6.45) is -0.491. The van der Waals surface area contributed by atoms with Crippen LogP contribution in [-0.4, -0.2) is 27.1 Å². The number of hydrogen-bond acceptors (Lipinski definition) is 5. The Morgan fingerprint density at radius 1 is 0.970 bits per heavy atom. The molecule has 2 aliphatic heterocycles. The van der Waals surface area contributed by atoms with Gasteiger partial charge < -0.3 is 18.8 Å². The number of aromatic nitrogens is 3. The van der Waals surface area contributed by atoms with Gasteiger partial charge in [0.1, 0.15) is 6.10 Å². The molecule has 0 unspecified atom stereocenters. The van der Waals surface area contributed by atoms with Crippen LogP contribution >= 0.6 is 11.6 Å². The van der Waals surface area contributed by atoms with E-state index in [1.54, 1.807) is 19.2 Å². The number of benzene rings is 2. The van der Waals surface area contributed by atoms with E-state index in [0.717, 1.165) is 27.1 Å². The molecule has 0 fully saturated rings. The maximum Gasteiger partial charge on any atom is 0.331 e. The molecule has 6 rings (SSSR count). The van der Waals surface area contributed by atoms with Gasteiger partial charge in [-0.25, -0.2) is 4.79 Å². The van der Waals surface area contributed by atoms with E-state index >= 15 is 0 Å². The Bertz CT molecular complexity index is 1550. The molecule has 9 heteroatoms. The normalized spacial score (nSPS) is 16.9. The summed E-state index contributed by atoms with van der Waals surface area (Å²) in [6.45, 7) is 1.16. The molecule has 1 atom stereocenters. The molecule has 0 aliphatic carbocycles. The van der Waals surface area contributed by atoms with Gasteiger partial charge in [0, 0.05) is 25.7 Å². The first kappa shape index (κ1) is 20.1.